The summed E-state index contributed by atoms with van der Waals surface area (Å²) in [6.45, 7) is 3.36. The molecule has 0 saturated carbocycles. The Morgan fingerprint density at radius 2 is 2.25 bits per heavy atom. The highest BCUT2D eigenvalue weighted by atomic mass is 32.2. The van der Waals surface area contributed by atoms with Crippen molar-refractivity contribution in [1.82, 2.24) is 14.9 Å². The fraction of sp³-hybridized carbons (Fsp3) is 0.471. The molecule has 1 amide bonds. The molecule has 1 aliphatic heterocycles. The zero-order chi connectivity index (χ0) is 16.9. The van der Waals surface area contributed by atoms with Crippen LogP contribution in [0.2, 0.25) is 0 Å². The van der Waals surface area contributed by atoms with E-state index in [0.717, 1.165) is 28.6 Å². The number of hydrogen-bond donors (Lipinski definition) is 1. The molecule has 0 spiro atoms. The fourth-order valence-corrected chi connectivity index (χ4v) is 4.62. The number of carbonyl (C=O) groups excluding carboxylic acids is 1. The van der Waals surface area contributed by atoms with Gasteiger partial charge in [0.1, 0.15) is 0 Å². The van der Waals surface area contributed by atoms with Gasteiger partial charge in [-0.3, -0.25) is 9.78 Å². The minimum atomic E-state index is -0.545. The molecule has 1 aliphatic rings. The van der Waals surface area contributed by atoms with Gasteiger partial charge < -0.3 is 10.0 Å². The van der Waals surface area contributed by atoms with Crippen LogP contribution in [0, 0.1) is 12.8 Å². The molecular weight excluding hydrogens is 342 g/mol. The maximum absolute atomic E-state index is 12.3. The fourth-order valence-electron chi connectivity index (χ4n) is 2.87. The van der Waals surface area contributed by atoms with Gasteiger partial charge in [-0.1, -0.05) is 17.8 Å². The SMILES string of the molecule is Cc1csc(SCC(=O)N2CCC([C@@H](O)c3ccccn3)CC2)n1. The van der Waals surface area contributed by atoms with E-state index >= 15 is 0 Å². The normalized spacial score (nSPS) is 17.0. The third-order valence-electron chi connectivity index (χ3n) is 4.25. The van der Waals surface area contributed by atoms with Crippen molar-refractivity contribution >= 4 is 29.0 Å². The van der Waals surface area contributed by atoms with E-state index in [4.69, 9.17) is 0 Å². The molecule has 1 fully saturated rings. The first kappa shape index (κ1) is 17.4. The van der Waals surface area contributed by atoms with E-state index < -0.39 is 6.10 Å². The van der Waals surface area contributed by atoms with E-state index in [-0.39, 0.29) is 11.8 Å². The van der Waals surface area contributed by atoms with Crippen LogP contribution >= 0.6 is 23.1 Å². The molecule has 128 valence electrons. The van der Waals surface area contributed by atoms with Crippen LogP contribution in [0.1, 0.15) is 30.3 Å². The van der Waals surface area contributed by atoms with Crippen LogP contribution in [0.15, 0.2) is 34.1 Å². The Balaban J connectivity index is 1.47. The predicted octanol–water partition coefficient (Wildman–Crippen LogP) is 2.91. The lowest BCUT2D eigenvalue weighted by molar-refractivity contribution is -0.130. The van der Waals surface area contributed by atoms with Crippen LogP contribution in [0.3, 0.4) is 0 Å². The number of aliphatic hydroxyl groups is 1. The largest absolute Gasteiger partial charge is 0.387 e. The number of thioether (sulfide) groups is 1. The first-order valence-electron chi connectivity index (χ1n) is 8.05. The van der Waals surface area contributed by atoms with Gasteiger partial charge in [0.2, 0.25) is 5.91 Å². The third-order valence-corrected chi connectivity index (χ3v) is 6.37. The van der Waals surface area contributed by atoms with Crippen molar-refractivity contribution in [3.05, 3.63) is 41.2 Å². The molecular formula is C17H21N3O2S2. The van der Waals surface area contributed by atoms with Gasteiger partial charge in [0.15, 0.2) is 4.34 Å². The summed E-state index contributed by atoms with van der Waals surface area (Å²) < 4.78 is 0.946. The summed E-state index contributed by atoms with van der Waals surface area (Å²) in [4.78, 5) is 22.8. The smallest absolute Gasteiger partial charge is 0.233 e. The van der Waals surface area contributed by atoms with Gasteiger partial charge in [-0.25, -0.2) is 4.98 Å². The van der Waals surface area contributed by atoms with Gasteiger partial charge in [0, 0.05) is 30.4 Å². The number of aromatic nitrogens is 2. The number of carbonyl (C=O) groups is 1. The van der Waals surface area contributed by atoms with Gasteiger partial charge in [0.25, 0.3) is 0 Å². The number of hydrogen-bond acceptors (Lipinski definition) is 6. The quantitative estimate of drug-likeness (QED) is 0.828. The second-order valence-corrected chi connectivity index (χ2v) is 8.04. The summed E-state index contributed by atoms with van der Waals surface area (Å²) in [5, 5.41) is 12.4. The summed E-state index contributed by atoms with van der Waals surface area (Å²) in [5.41, 5.74) is 1.72. The molecule has 2 aromatic heterocycles. The Bertz CT molecular complexity index is 669. The van der Waals surface area contributed by atoms with Crippen LogP contribution in [0.4, 0.5) is 0 Å². The van der Waals surface area contributed by atoms with Crippen molar-refractivity contribution in [2.24, 2.45) is 5.92 Å². The molecule has 0 aromatic carbocycles. The highest BCUT2D eigenvalue weighted by Crippen LogP contribution is 2.30. The number of pyridine rings is 1. The Morgan fingerprint density at radius 3 is 2.88 bits per heavy atom. The highest BCUT2D eigenvalue weighted by molar-refractivity contribution is 8.01. The molecule has 3 heterocycles. The average molecular weight is 364 g/mol. The second-order valence-electron chi connectivity index (χ2n) is 5.96. The molecule has 0 bridgehead atoms. The van der Waals surface area contributed by atoms with Gasteiger partial charge in [-0.15, -0.1) is 11.3 Å². The maximum Gasteiger partial charge on any atom is 0.233 e. The van der Waals surface area contributed by atoms with E-state index in [1.807, 2.05) is 35.4 Å². The lowest BCUT2D eigenvalue weighted by Crippen LogP contribution is -2.40. The average Bonchev–Trinajstić information content (AvgIpc) is 3.05. The van der Waals surface area contributed by atoms with Gasteiger partial charge >= 0.3 is 0 Å². The number of likely N-dealkylation sites (tertiary alicyclic amines) is 1. The monoisotopic (exact) mass is 363 g/mol. The molecule has 1 atom stereocenters. The number of amides is 1. The Labute approximate surface area is 150 Å². The summed E-state index contributed by atoms with van der Waals surface area (Å²) in [5.74, 6) is 0.747. The standard InChI is InChI=1S/C17H21N3O2S2/c1-12-10-23-17(19-12)24-11-15(21)20-8-5-13(6-9-20)16(22)14-4-2-3-7-18-14/h2-4,7,10,13,16,22H,5-6,8-9,11H2,1H3/t16-/m1/s1. The molecule has 1 N–H and O–H groups in total. The van der Waals surface area contributed by atoms with Gasteiger partial charge in [0.05, 0.1) is 17.6 Å². The van der Waals surface area contributed by atoms with Crippen LogP contribution in [0.25, 0.3) is 0 Å². The Hall–Kier alpha value is -1.44. The van der Waals surface area contributed by atoms with Crippen molar-refractivity contribution in [2.75, 3.05) is 18.8 Å². The van der Waals surface area contributed by atoms with Crippen molar-refractivity contribution < 1.29 is 9.90 Å². The highest BCUT2D eigenvalue weighted by Gasteiger charge is 2.28. The van der Waals surface area contributed by atoms with Crippen LogP contribution in [-0.4, -0.2) is 44.7 Å². The number of thiazole rings is 1. The molecule has 3 rings (SSSR count). The number of aliphatic hydroxyl groups excluding tert-OH is 1. The first-order valence-corrected chi connectivity index (χ1v) is 9.91. The maximum atomic E-state index is 12.3. The van der Waals surface area contributed by atoms with E-state index in [1.54, 1.807) is 17.5 Å². The lowest BCUT2D eigenvalue weighted by Gasteiger charge is -2.34. The first-order chi connectivity index (χ1) is 11.6. The molecule has 0 radical (unpaired) electrons. The van der Waals surface area contributed by atoms with Crippen molar-refractivity contribution in [1.29, 1.82) is 0 Å². The molecule has 5 nitrogen and oxygen atoms in total. The second kappa shape index (κ2) is 8.09. The van der Waals surface area contributed by atoms with Crippen molar-refractivity contribution in [2.45, 2.75) is 30.2 Å². The minimum Gasteiger partial charge on any atom is -0.387 e. The van der Waals surface area contributed by atoms with E-state index in [1.165, 1.54) is 11.8 Å². The Morgan fingerprint density at radius 1 is 1.46 bits per heavy atom. The lowest BCUT2D eigenvalue weighted by atomic mass is 9.89. The molecule has 2 aromatic rings. The zero-order valence-electron chi connectivity index (χ0n) is 13.6. The molecule has 7 heteroatoms. The number of nitrogens with zero attached hydrogens (tertiary/aromatic N) is 3. The summed E-state index contributed by atoms with van der Waals surface area (Å²) in [7, 11) is 0. The predicted molar refractivity (Wildman–Crippen MR) is 96.1 cm³/mol. The number of rotatable bonds is 5. The van der Waals surface area contributed by atoms with Crippen LogP contribution in [0.5, 0.6) is 0 Å². The zero-order valence-corrected chi connectivity index (χ0v) is 15.2. The molecule has 0 aliphatic carbocycles. The Kier molecular flexibility index (Phi) is 5.86. The summed E-state index contributed by atoms with van der Waals surface area (Å²) in [6.07, 6.45) is 2.78. The van der Waals surface area contributed by atoms with E-state index in [0.29, 0.717) is 18.8 Å². The van der Waals surface area contributed by atoms with E-state index in [2.05, 4.69) is 9.97 Å². The number of piperidine rings is 1. The van der Waals surface area contributed by atoms with Gasteiger partial charge in [-0.05, 0) is 37.8 Å². The van der Waals surface area contributed by atoms with E-state index in [9.17, 15) is 9.90 Å². The van der Waals surface area contributed by atoms with Gasteiger partial charge in [-0.2, -0.15) is 0 Å². The van der Waals surface area contributed by atoms with Crippen molar-refractivity contribution in [3.8, 4) is 0 Å². The molecule has 24 heavy (non-hydrogen) atoms. The summed E-state index contributed by atoms with van der Waals surface area (Å²) >= 11 is 3.09. The number of aryl methyl sites for hydroxylation is 1. The molecule has 0 unspecified atom stereocenters. The van der Waals surface area contributed by atoms with Crippen molar-refractivity contribution in [3.63, 3.8) is 0 Å². The summed E-state index contributed by atoms with van der Waals surface area (Å²) in [6, 6.07) is 5.59. The third kappa shape index (κ3) is 4.34. The molecule has 1 saturated heterocycles. The van der Waals surface area contributed by atoms with Crippen LogP contribution in [-0.2, 0) is 4.79 Å². The minimum absolute atomic E-state index is 0.152. The topological polar surface area (TPSA) is 66.3 Å². The van der Waals surface area contributed by atoms with Crippen LogP contribution < -0.4 is 0 Å².